The van der Waals surface area contributed by atoms with Gasteiger partial charge in [0.2, 0.25) is 0 Å². The summed E-state index contributed by atoms with van der Waals surface area (Å²) in [7, 11) is 1.29. The van der Waals surface area contributed by atoms with Crippen LogP contribution in [0.4, 0.5) is 13.2 Å². The molecule has 4 nitrogen and oxygen atoms in total. The Morgan fingerprint density at radius 2 is 2.00 bits per heavy atom. The second-order valence-corrected chi connectivity index (χ2v) is 7.43. The third-order valence-corrected chi connectivity index (χ3v) is 5.62. The van der Waals surface area contributed by atoms with E-state index in [1.807, 2.05) is 0 Å². The number of benzene rings is 1. The summed E-state index contributed by atoms with van der Waals surface area (Å²) in [5.41, 5.74) is -0.262. The van der Waals surface area contributed by atoms with Crippen molar-refractivity contribution in [1.29, 1.82) is 0 Å². The maximum absolute atomic E-state index is 13.1. The van der Waals surface area contributed by atoms with E-state index in [-0.39, 0.29) is 29.4 Å². The molecule has 0 saturated carbocycles. The van der Waals surface area contributed by atoms with Crippen LogP contribution in [0.2, 0.25) is 0 Å². The molecule has 27 heavy (non-hydrogen) atoms. The van der Waals surface area contributed by atoms with E-state index in [0.717, 1.165) is 31.6 Å². The fourth-order valence-corrected chi connectivity index (χ4v) is 4.31. The number of hydrogen-bond donors (Lipinski definition) is 0. The lowest BCUT2D eigenvalue weighted by atomic mass is 9.86. The van der Waals surface area contributed by atoms with Gasteiger partial charge in [0.05, 0.1) is 24.8 Å². The van der Waals surface area contributed by atoms with Crippen LogP contribution in [0.1, 0.15) is 47.2 Å². The van der Waals surface area contributed by atoms with E-state index in [0.29, 0.717) is 24.8 Å². The zero-order valence-electron chi connectivity index (χ0n) is 15.8. The smallest absolute Gasteiger partial charge is 0.416 e. The van der Waals surface area contributed by atoms with Gasteiger partial charge < -0.3 is 9.47 Å². The van der Waals surface area contributed by atoms with Crippen molar-refractivity contribution >= 4 is 5.78 Å². The molecule has 1 aromatic rings. The summed E-state index contributed by atoms with van der Waals surface area (Å²) in [5, 5.41) is 0. The fraction of sp³-hybridized carbons (Fsp3) is 0.650. The van der Waals surface area contributed by atoms with Crippen molar-refractivity contribution in [1.82, 2.24) is 4.90 Å². The molecule has 0 radical (unpaired) electrons. The highest BCUT2D eigenvalue weighted by molar-refractivity contribution is 6.00. The van der Waals surface area contributed by atoms with Crippen LogP contribution in [0.5, 0.6) is 5.75 Å². The quantitative estimate of drug-likeness (QED) is 0.716. The maximum atomic E-state index is 13.1. The first kappa shape index (κ1) is 20.1. The highest BCUT2D eigenvalue weighted by Crippen LogP contribution is 2.36. The van der Waals surface area contributed by atoms with Crippen LogP contribution in [0, 0.1) is 12.8 Å². The zero-order valence-corrected chi connectivity index (χ0v) is 15.8. The molecule has 2 atom stereocenters. The zero-order chi connectivity index (χ0) is 19.6. The van der Waals surface area contributed by atoms with E-state index in [1.54, 1.807) is 0 Å². The highest BCUT2D eigenvalue weighted by Gasteiger charge is 2.36. The van der Waals surface area contributed by atoms with Gasteiger partial charge in [0.1, 0.15) is 5.75 Å². The number of alkyl halides is 3. The Hall–Kier alpha value is -1.60. The number of aryl methyl sites for hydroxylation is 1. The monoisotopic (exact) mass is 385 g/mol. The van der Waals surface area contributed by atoms with Gasteiger partial charge in [0, 0.05) is 25.0 Å². The second-order valence-electron chi connectivity index (χ2n) is 7.43. The largest absolute Gasteiger partial charge is 0.496 e. The Morgan fingerprint density at radius 1 is 1.30 bits per heavy atom. The molecule has 3 rings (SSSR count). The van der Waals surface area contributed by atoms with Crippen LogP contribution >= 0.6 is 0 Å². The lowest BCUT2D eigenvalue weighted by molar-refractivity contribution is -0.137. The molecule has 2 heterocycles. The number of hydrogen-bond acceptors (Lipinski definition) is 4. The Balaban J connectivity index is 1.82. The van der Waals surface area contributed by atoms with Crippen LogP contribution < -0.4 is 4.74 Å². The number of carbonyl (C=O) groups excluding carboxylic acids is 1. The number of likely N-dealkylation sites (tertiary alicyclic amines) is 1. The number of ketones is 1. The van der Waals surface area contributed by atoms with Crippen molar-refractivity contribution < 1.29 is 27.4 Å². The van der Waals surface area contributed by atoms with E-state index in [9.17, 15) is 18.0 Å². The third-order valence-electron chi connectivity index (χ3n) is 5.62. The molecule has 2 aliphatic rings. The highest BCUT2D eigenvalue weighted by atomic mass is 19.4. The summed E-state index contributed by atoms with van der Waals surface area (Å²) < 4.78 is 49.9. The van der Waals surface area contributed by atoms with Crippen molar-refractivity contribution in [3.8, 4) is 5.75 Å². The summed E-state index contributed by atoms with van der Waals surface area (Å²) in [6.45, 7) is 4.81. The molecule has 2 aliphatic heterocycles. The summed E-state index contributed by atoms with van der Waals surface area (Å²) in [6, 6.07) is 2.23. The molecular weight excluding hydrogens is 359 g/mol. The Kier molecular flexibility index (Phi) is 6.11. The molecule has 0 unspecified atom stereocenters. The summed E-state index contributed by atoms with van der Waals surface area (Å²) in [4.78, 5) is 15.4. The van der Waals surface area contributed by atoms with Gasteiger partial charge in [-0.15, -0.1) is 0 Å². The normalized spacial score (nSPS) is 24.2. The van der Waals surface area contributed by atoms with Gasteiger partial charge in [-0.3, -0.25) is 9.69 Å². The molecule has 0 aromatic heterocycles. The molecule has 0 bridgehead atoms. The van der Waals surface area contributed by atoms with E-state index >= 15 is 0 Å². The van der Waals surface area contributed by atoms with Gasteiger partial charge in [-0.1, -0.05) is 0 Å². The van der Waals surface area contributed by atoms with Crippen molar-refractivity contribution in [2.24, 2.45) is 5.92 Å². The first-order valence-corrected chi connectivity index (χ1v) is 9.42. The van der Waals surface area contributed by atoms with Gasteiger partial charge in [0.15, 0.2) is 5.78 Å². The summed E-state index contributed by atoms with van der Waals surface area (Å²) in [5.74, 6) is -0.143. The molecule has 0 N–H and O–H groups in total. The molecule has 7 heteroatoms. The van der Waals surface area contributed by atoms with Crippen molar-refractivity contribution in [2.45, 2.75) is 44.8 Å². The molecule has 0 aliphatic carbocycles. The predicted molar refractivity (Wildman–Crippen MR) is 95.2 cm³/mol. The van der Waals surface area contributed by atoms with Crippen LogP contribution in [-0.2, 0) is 10.9 Å². The fourth-order valence-electron chi connectivity index (χ4n) is 4.31. The minimum atomic E-state index is -4.47. The maximum Gasteiger partial charge on any atom is 0.416 e. The number of rotatable bonds is 5. The molecular formula is C20H26F3NO3. The minimum Gasteiger partial charge on any atom is -0.496 e. The molecule has 0 amide bonds. The van der Waals surface area contributed by atoms with Gasteiger partial charge in [-0.05, 0) is 57.0 Å². The van der Waals surface area contributed by atoms with Gasteiger partial charge >= 0.3 is 6.18 Å². The molecule has 1 aromatic carbocycles. The van der Waals surface area contributed by atoms with Crippen LogP contribution in [-0.4, -0.2) is 50.1 Å². The summed E-state index contributed by atoms with van der Waals surface area (Å²) >= 11 is 0. The van der Waals surface area contributed by atoms with Gasteiger partial charge in [0.25, 0.3) is 0 Å². The number of ether oxygens (including phenoxy) is 2. The molecule has 2 saturated heterocycles. The van der Waals surface area contributed by atoms with Crippen LogP contribution in [0.3, 0.4) is 0 Å². The number of halogens is 3. The Labute approximate surface area is 157 Å². The first-order valence-electron chi connectivity index (χ1n) is 9.42. The van der Waals surface area contributed by atoms with E-state index < -0.39 is 11.7 Å². The van der Waals surface area contributed by atoms with E-state index in [1.165, 1.54) is 26.9 Å². The SMILES string of the molecule is COc1cc(C(F)(F)F)cc(C)c1C(=O)C[C@H]1COCC[C@@H]1N1CCCC1. The minimum absolute atomic E-state index is 0.0122. The Morgan fingerprint density at radius 3 is 2.63 bits per heavy atom. The second kappa shape index (κ2) is 8.19. The molecule has 2 fully saturated rings. The number of carbonyl (C=O) groups is 1. The lowest BCUT2D eigenvalue weighted by Gasteiger charge is -2.37. The number of methoxy groups -OCH3 is 1. The van der Waals surface area contributed by atoms with E-state index in [2.05, 4.69) is 4.90 Å². The average molecular weight is 385 g/mol. The standard InChI is InChI=1S/C20H26F3NO3/c1-13-9-15(20(21,22)23)11-18(26-2)19(13)17(25)10-14-12-27-8-5-16(14)24-6-3-4-7-24/h9,11,14,16H,3-8,10,12H2,1-2H3/t14-,16-/m0/s1. The third kappa shape index (κ3) is 4.46. The number of nitrogens with zero attached hydrogens (tertiary/aromatic N) is 1. The lowest BCUT2D eigenvalue weighted by Crippen LogP contribution is -2.45. The van der Waals surface area contributed by atoms with Crippen molar-refractivity contribution in [2.75, 3.05) is 33.4 Å². The van der Waals surface area contributed by atoms with Crippen molar-refractivity contribution in [3.63, 3.8) is 0 Å². The average Bonchev–Trinajstić information content (AvgIpc) is 3.15. The van der Waals surface area contributed by atoms with Gasteiger partial charge in [-0.2, -0.15) is 13.2 Å². The van der Waals surface area contributed by atoms with Gasteiger partial charge in [-0.25, -0.2) is 0 Å². The van der Waals surface area contributed by atoms with Crippen LogP contribution in [0.25, 0.3) is 0 Å². The van der Waals surface area contributed by atoms with Crippen molar-refractivity contribution in [3.05, 3.63) is 28.8 Å². The topological polar surface area (TPSA) is 38.8 Å². The molecule has 0 spiro atoms. The van der Waals surface area contributed by atoms with Crippen LogP contribution in [0.15, 0.2) is 12.1 Å². The summed E-state index contributed by atoms with van der Waals surface area (Å²) in [6.07, 6.45) is -0.990. The molecule has 150 valence electrons. The first-order chi connectivity index (χ1) is 12.8. The Bertz CT molecular complexity index is 684. The predicted octanol–water partition coefficient (Wildman–Crippen LogP) is 4.10. The number of Topliss-reactive ketones (excluding diaryl/α,β-unsaturated/α-hetero) is 1. The van der Waals surface area contributed by atoms with E-state index in [4.69, 9.17) is 9.47 Å².